The first-order valence-electron chi connectivity index (χ1n) is 9.19. The molecular formula is C19H25N5O. The summed E-state index contributed by atoms with van der Waals surface area (Å²) in [6.07, 6.45) is 3.02. The van der Waals surface area contributed by atoms with Crippen LogP contribution in [-0.2, 0) is 17.9 Å². The van der Waals surface area contributed by atoms with Gasteiger partial charge in [-0.15, -0.1) is 10.2 Å². The molecule has 0 saturated heterocycles. The lowest BCUT2D eigenvalue weighted by Crippen LogP contribution is -2.37. The maximum absolute atomic E-state index is 12.2. The van der Waals surface area contributed by atoms with Crippen LogP contribution < -0.4 is 5.32 Å². The van der Waals surface area contributed by atoms with Crippen LogP contribution in [0.25, 0.3) is 0 Å². The third-order valence-corrected chi connectivity index (χ3v) is 5.14. The third-order valence-electron chi connectivity index (χ3n) is 5.14. The molecule has 1 aliphatic heterocycles. The van der Waals surface area contributed by atoms with Gasteiger partial charge < -0.3 is 9.88 Å². The van der Waals surface area contributed by atoms with E-state index in [1.54, 1.807) is 0 Å². The van der Waals surface area contributed by atoms with Crippen molar-refractivity contribution in [2.75, 3.05) is 13.1 Å². The minimum Gasteiger partial charge on any atom is -0.350 e. The Morgan fingerprint density at radius 1 is 1.24 bits per heavy atom. The molecule has 2 heterocycles. The summed E-state index contributed by atoms with van der Waals surface area (Å²) in [6, 6.07) is 10.1. The first-order chi connectivity index (χ1) is 12.2. The fraction of sp³-hybridized carbons (Fsp3) is 0.526. The Bertz CT molecular complexity index is 738. The summed E-state index contributed by atoms with van der Waals surface area (Å²) in [4.78, 5) is 14.5. The van der Waals surface area contributed by atoms with E-state index in [4.69, 9.17) is 0 Å². The second-order valence-corrected chi connectivity index (χ2v) is 7.13. The molecule has 4 rings (SSSR count). The van der Waals surface area contributed by atoms with E-state index in [0.29, 0.717) is 12.3 Å². The lowest BCUT2D eigenvalue weighted by atomic mass is 10.1. The zero-order valence-corrected chi connectivity index (χ0v) is 14.7. The SMILES string of the molecule is C[C@@H](NC(=O)CCN1CCn2c(nnc2C2CC2)C1)c1ccccc1. The van der Waals surface area contributed by atoms with Gasteiger partial charge in [-0.25, -0.2) is 0 Å². The molecule has 1 fully saturated rings. The summed E-state index contributed by atoms with van der Waals surface area (Å²) in [5.74, 6) is 2.95. The van der Waals surface area contributed by atoms with Crippen molar-refractivity contribution < 1.29 is 4.79 Å². The van der Waals surface area contributed by atoms with E-state index in [-0.39, 0.29) is 11.9 Å². The van der Waals surface area contributed by atoms with Crippen LogP contribution in [0.4, 0.5) is 0 Å². The summed E-state index contributed by atoms with van der Waals surface area (Å²) in [5.41, 5.74) is 1.13. The monoisotopic (exact) mass is 339 g/mol. The quantitative estimate of drug-likeness (QED) is 0.877. The molecule has 6 heteroatoms. The molecule has 1 amide bonds. The van der Waals surface area contributed by atoms with Gasteiger partial charge in [0, 0.05) is 32.0 Å². The normalized spacial score (nSPS) is 18.6. The Labute approximate surface area is 148 Å². The van der Waals surface area contributed by atoms with Crippen LogP contribution in [0.2, 0.25) is 0 Å². The molecule has 1 N–H and O–H groups in total. The Hall–Kier alpha value is -2.21. The van der Waals surface area contributed by atoms with Gasteiger partial charge in [0.2, 0.25) is 5.91 Å². The lowest BCUT2D eigenvalue weighted by Gasteiger charge is -2.27. The van der Waals surface area contributed by atoms with E-state index < -0.39 is 0 Å². The number of nitrogens with zero attached hydrogens (tertiary/aromatic N) is 4. The largest absolute Gasteiger partial charge is 0.350 e. The first kappa shape index (κ1) is 16.3. The van der Waals surface area contributed by atoms with E-state index in [0.717, 1.165) is 37.6 Å². The van der Waals surface area contributed by atoms with Gasteiger partial charge in [0.1, 0.15) is 11.6 Å². The van der Waals surface area contributed by atoms with Crippen molar-refractivity contribution in [1.29, 1.82) is 0 Å². The highest BCUT2D eigenvalue weighted by atomic mass is 16.1. The highest BCUT2D eigenvalue weighted by molar-refractivity contribution is 5.76. The van der Waals surface area contributed by atoms with Crippen molar-refractivity contribution in [2.24, 2.45) is 0 Å². The molecule has 1 atom stereocenters. The smallest absolute Gasteiger partial charge is 0.221 e. The number of amides is 1. The van der Waals surface area contributed by atoms with Crippen LogP contribution in [0.3, 0.4) is 0 Å². The Kier molecular flexibility index (Phi) is 4.53. The van der Waals surface area contributed by atoms with Crippen molar-refractivity contribution in [2.45, 2.75) is 51.2 Å². The maximum Gasteiger partial charge on any atom is 0.221 e. The summed E-state index contributed by atoms with van der Waals surface area (Å²) in [7, 11) is 0. The predicted molar refractivity (Wildman–Crippen MR) is 94.9 cm³/mol. The summed E-state index contributed by atoms with van der Waals surface area (Å²) in [5, 5.41) is 11.8. The number of rotatable bonds is 6. The molecule has 0 unspecified atom stereocenters. The van der Waals surface area contributed by atoms with Crippen LogP contribution in [0, 0.1) is 0 Å². The molecule has 1 aliphatic carbocycles. The van der Waals surface area contributed by atoms with Crippen molar-refractivity contribution in [3.63, 3.8) is 0 Å². The second kappa shape index (κ2) is 6.96. The number of fused-ring (bicyclic) bond motifs is 1. The Morgan fingerprint density at radius 2 is 2.04 bits per heavy atom. The highest BCUT2D eigenvalue weighted by Gasteiger charge is 2.32. The molecule has 2 aromatic rings. The highest BCUT2D eigenvalue weighted by Crippen LogP contribution is 2.39. The third kappa shape index (κ3) is 3.74. The fourth-order valence-electron chi connectivity index (χ4n) is 3.46. The molecule has 0 radical (unpaired) electrons. The number of carbonyl (C=O) groups is 1. The second-order valence-electron chi connectivity index (χ2n) is 7.13. The molecule has 0 spiro atoms. The van der Waals surface area contributed by atoms with Crippen LogP contribution in [0.15, 0.2) is 30.3 Å². The van der Waals surface area contributed by atoms with Crippen molar-refractivity contribution in [3.8, 4) is 0 Å². The number of aromatic nitrogens is 3. The van der Waals surface area contributed by atoms with Gasteiger partial charge in [0.05, 0.1) is 12.6 Å². The molecule has 25 heavy (non-hydrogen) atoms. The Balaban J connectivity index is 1.26. The number of hydrogen-bond acceptors (Lipinski definition) is 4. The molecule has 2 aliphatic rings. The van der Waals surface area contributed by atoms with Gasteiger partial charge >= 0.3 is 0 Å². The van der Waals surface area contributed by atoms with Crippen LogP contribution in [0.5, 0.6) is 0 Å². The number of carbonyl (C=O) groups excluding carboxylic acids is 1. The fourth-order valence-corrected chi connectivity index (χ4v) is 3.46. The summed E-state index contributed by atoms with van der Waals surface area (Å²) >= 11 is 0. The summed E-state index contributed by atoms with van der Waals surface area (Å²) in [6.45, 7) is 5.48. The van der Waals surface area contributed by atoms with Gasteiger partial charge in [-0.05, 0) is 25.3 Å². The van der Waals surface area contributed by atoms with Gasteiger partial charge in [-0.1, -0.05) is 30.3 Å². The van der Waals surface area contributed by atoms with Gasteiger partial charge in [-0.3, -0.25) is 9.69 Å². The minimum absolute atomic E-state index is 0.0410. The predicted octanol–water partition coefficient (Wildman–Crippen LogP) is 2.24. The zero-order valence-electron chi connectivity index (χ0n) is 14.7. The average Bonchev–Trinajstić information content (AvgIpc) is 3.40. The zero-order chi connectivity index (χ0) is 17.2. The number of nitrogens with one attached hydrogen (secondary N) is 1. The van der Waals surface area contributed by atoms with E-state index in [2.05, 4.69) is 25.0 Å². The van der Waals surface area contributed by atoms with Gasteiger partial charge in [0.15, 0.2) is 0 Å². The maximum atomic E-state index is 12.2. The minimum atomic E-state index is 0.0410. The Morgan fingerprint density at radius 3 is 2.80 bits per heavy atom. The molecule has 1 aromatic carbocycles. The molecule has 1 saturated carbocycles. The molecule has 6 nitrogen and oxygen atoms in total. The van der Waals surface area contributed by atoms with Crippen molar-refractivity contribution >= 4 is 5.91 Å². The topological polar surface area (TPSA) is 63.1 Å². The van der Waals surface area contributed by atoms with Crippen molar-refractivity contribution in [3.05, 3.63) is 47.5 Å². The number of benzene rings is 1. The van der Waals surface area contributed by atoms with Crippen LogP contribution >= 0.6 is 0 Å². The van der Waals surface area contributed by atoms with Crippen molar-refractivity contribution in [1.82, 2.24) is 25.0 Å². The van der Waals surface area contributed by atoms with E-state index in [1.807, 2.05) is 37.3 Å². The molecular weight excluding hydrogens is 314 g/mol. The van der Waals surface area contributed by atoms with Crippen LogP contribution in [0.1, 0.15) is 55.4 Å². The summed E-state index contributed by atoms with van der Waals surface area (Å²) < 4.78 is 2.28. The average molecular weight is 339 g/mol. The lowest BCUT2D eigenvalue weighted by molar-refractivity contribution is -0.122. The molecule has 1 aromatic heterocycles. The van der Waals surface area contributed by atoms with E-state index in [9.17, 15) is 4.79 Å². The van der Waals surface area contributed by atoms with Gasteiger partial charge in [-0.2, -0.15) is 0 Å². The molecule has 132 valence electrons. The van der Waals surface area contributed by atoms with Gasteiger partial charge in [0.25, 0.3) is 0 Å². The van der Waals surface area contributed by atoms with E-state index >= 15 is 0 Å². The standard InChI is InChI=1S/C19H25N5O/c1-14(15-5-3-2-4-6-15)20-18(25)9-10-23-11-12-24-17(13-23)21-22-19(24)16-7-8-16/h2-6,14,16H,7-13H2,1H3,(H,20,25)/t14-/m1/s1. The molecule has 0 bridgehead atoms. The van der Waals surface area contributed by atoms with E-state index in [1.165, 1.54) is 18.7 Å². The number of hydrogen-bond donors (Lipinski definition) is 1. The first-order valence-corrected chi connectivity index (χ1v) is 9.19. The van der Waals surface area contributed by atoms with Crippen LogP contribution in [-0.4, -0.2) is 38.7 Å².